The van der Waals surface area contributed by atoms with Gasteiger partial charge in [0.25, 0.3) is 17.5 Å². The van der Waals surface area contributed by atoms with E-state index in [1.807, 2.05) is 0 Å². The van der Waals surface area contributed by atoms with Crippen LogP contribution in [-0.4, -0.2) is 35.4 Å². The molecule has 0 heterocycles. The second-order valence-electron chi connectivity index (χ2n) is 6.57. The van der Waals surface area contributed by atoms with Crippen LogP contribution < -0.4 is 10.6 Å². The van der Waals surface area contributed by atoms with Crippen LogP contribution in [0.2, 0.25) is 10.0 Å². The molecule has 0 saturated heterocycles. The number of carbonyl (C=O) groups is 3. The molecule has 0 aliphatic carbocycles. The van der Waals surface area contributed by atoms with E-state index in [9.17, 15) is 24.5 Å². The van der Waals surface area contributed by atoms with Crippen molar-refractivity contribution in [2.24, 2.45) is 0 Å². The molecule has 2 unspecified atom stereocenters. The Morgan fingerprint density at radius 1 is 1.06 bits per heavy atom. The number of ether oxygens (including phenoxy) is 1. The number of hydrogen-bond donors (Lipinski definition) is 2. The maximum absolute atomic E-state index is 12.2. The molecule has 2 atom stereocenters. The van der Waals surface area contributed by atoms with Crippen LogP contribution in [0.4, 0.5) is 5.69 Å². The van der Waals surface area contributed by atoms with E-state index in [1.165, 1.54) is 25.1 Å². The summed E-state index contributed by atoms with van der Waals surface area (Å²) < 4.78 is 4.92. The lowest BCUT2D eigenvalue weighted by molar-refractivity contribution is -0.384. The van der Waals surface area contributed by atoms with Crippen LogP contribution in [0, 0.1) is 10.1 Å². The molecule has 0 aliphatic rings. The van der Waals surface area contributed by atoms with Crippen LogP contribution in [0.15, 0.2) is 42.5 Å². The van der Waals surface area contributed by atoms with Gasteiger partial charge in [-0.3, -0.25) is 19.7 Å². The normalized spacial score (nSPS) is 12.4. The largest absolute Gasteiger partial charge is 0.454 e. The third kappa shape index (κ3) is 6.94. The van der Waals surface area contributed by atoms with E-state index in [1.54, 1.807) is 25.1 Å². The molecule has 2 aromatic rings. The summed E-state index contributed by atoms with van der Waals surface area (Å²) in [6, 6.07) is 8.50. The Morgan fingerprint density at radius 3 is 2.42 bits per heavy atom. The van der Waals surface area contributed by atoms with Crippen molar-refractivity contribution in [1.29, 1.82) is 0 Å². The second kappa shape index (κ2) is 10.7. The van der Waals surface area contributed by atoms with E-state index in [2.05, 4.69) is 10.6 Å². The zero-order valence-electron chi connectivity index (χ0n) is 16.6. The first-order valence-electron chi connectivity index (χ1n) is 9.04. The van der Waals surface area contributed by atoms with Gasteiger partial charge >= 0.3 is 5.97 Å². The van der Waals surface area contributed by atoms with Crippen molar-refractivity contribution >= 4 is 46.7 Å². The van der Waals surface area contributed by atoms with Gasteiger partial charge in [-0.1, -0.05) is 35.3 Å². The fraction of sp³-hybridized carbons (Fsp3) is 0.250. The minimum absolute atomic E-state index is 0.0158. The molecule has 11 heteroatoms. The fourth-order valence-electron chi connectivity index (χ4n) is 2.51. The van der Waals surface area contributed by atoms with Crippen LogP contribution in [0.25, 0.3) is 0 Å². The Bertz CT molecular complexity index is 1010. The molecule has 0 bridgehead atoms. The number of nitrogens with one attached hydrogen (secondary N) is 2. The van der Waals surface area contributed by atoms with Crippen molar-refractivity contribution in [2.75, 3.05) is 6.61 Å². The van der Waals surface area contributed by atoms with Crippen molar-refractivity contribution in [3.05, 3.63) is 73.8 Å². The monoisotopic (exact) mass is 467 g/mol. The molecule has 9 nitrogen and oxygen atoms in total. The maximum Gasteiger partial charge on any atom is 0.328 e. The summed E-state index contributed by atoms with van der Waals surface area (Å²) in [7, 11) is 0. The van der Waals surface area contributed by atoms with Gasteiger partial charge < -0.3 is 15.4 Å². The van der Waals surface area contributed by atoms with Gasteiger partial charge in [-0.2, -0.15) is 0 Å². The number of nitro benzene ring substituents is 1. The third-order valence-electron chi connectivity index (χ3n) is 4.19. The first kappa shape index (κ1) is 24.1. The molecule has 0 fully saturated rings. The van der Waals surface area contributed by atoms with Crippen molar-refractivity contribution < 1.29 is 24.0 Å². The number of rotatable bonds is 8. The molecule has 2 rings (SSSR count). The van der Waals surface area contributed by atoms with E-state index in [0.29, 0.717) is 15.6 Å². The number of carbonyl (C=O) groups excluding carboxylic acids is 3. The molecule has 2 N–H and O–H groups in total. The zero-order valence-corrected chi connectivity index (χ0v) is 18.1. The van der Waals surface area contributed by atoms with Gasteiger partial charge in [0.15, 0.2) is 6.61 Å². The highest BCUT2D eigenvalue weighted by Gasteiger charge is 2.21. The summed E-state index contributed by atoms with van der Waals surface area (Å²) in [6.45, 7) is 2.54. The minimum atomic E-state index is -1.08. The lowest BCUT2D eigenvalue weighted by Gasteiger charge is -2.16. The topological polar surface area (TPSA) is 128 Å². The SMILES string of the molecule is CC(NC(=O)c1cccc([N+](=O)[O-])c1)C(=O)OCC(=O)NC(C)c1ccc(Cl)c(Cl)c1. The predicted octanol–water partition coefficient (Wildman–Crippen LogP) is 3.44. The molecule has 0 saturated carbocycles. The smallest absolute Gasteiger partial charge is 0.328 e. The summed E-state index contributed by atoms with van der Waals surface area (Å²) in [4.78, 5) is 46.5. The maximum atomic E-state index is 12.2. The van der Waals surface area contributed by atoms with E-state index in [-0.39, 0.29) is 11.3 Å². The highest BCUT2D eigenvalue weighted by atomic mass is 35.5. The molecule has 2 amide bonds. The molecular weight excluding hydrogens is 449 g/mol. The number of benzene rings is 2. The van der Waals surface area contributed by atoms with Gasteiger partial charge in [-0.05, 0) is 37.6 Å². The van der Waals surface area contributed by atoms with Crippen molar-refractivity contribution in [3.63, 3.8) is 0 Å². The Morgan fingerprint density at radius 2 is 1.77 bits per heavy atom. The van der Waals surface area contributed by atoms with Gasteiger partial charge in [0.2, 0.25) is 0 Å². The molecular formula is C20H19Cl2N3O6. The molecule has 31 heavy (non-hydrogen) atoms. The van der Waals surface area contributed by atoms with Gasteiger partial charge in [-0.15, -0.1) is 0 Å². The van der Waals surface area contributed by atoms with E-state index >= 15 is 0 Å². The van der Waals surface area contributed by atoms with E-state index in [0.717, 1.165) is 6.07 Å². The lowest BCUT2D eigenvalue weighted by Crippen LogP contribution is -2.41. The summed E-state index contributed by atoms with van der Waals surface area (Å²) in [5, 5.41) is 16.6. The van der Waals surface area contributed by atoms with Gasteiger partial charge in [0.1, 0.15) is 6.04 Å². The van der Waals surface area contributed by atoms with Crippen LogP contribution in [0.3, 0.4) is 0 Å². The summed E-state index contributed by atoms with van der Waals surface area (Å²) in [6.07, 6.45) is 0. The number of amides is 2. The summed E-state index contributed by atoms with van der Waals surface area (Å²) in [5.74, 6) is -2.08. The fourth-order valence-corrected chi connectivity index (χ4v) is 2.82. The Labute approximate surface area is 187 Å². The van der Waals surface area contributed by atoms with Gasteiger partial charge in [-0.25, -0.2) is 4.79 Å². The second-order valence-corrected chi connectivity index (χ2v) is 7.39. The van der Waals surface area contributed by atoms with E-state index < -0.39 is 41.4 Å². The minimum Gasteiger partial charge on any atom is -0.454 e. The number of halogens is 2. The summed E-state index contributed by atoms with van der Waals surface area (Å²) in [5.41, 5.74) is 0.476. The molecule has 0 radical (unpaired) electrons. The van der Waals surface area contributed by atoms with Gasteiger partial charge in [0.05, 0.1) is 21.0 Å². The van der Waals surface area contributed by atoms with Crippen LogP contribution in [0.1, 0.15) is 35.8 Å². The molecule has 0 aliphatic heterocycles. The molecule has 0 aromatic heterocycles. The Kier molecular flexibility index (Phi) is 8.35. The Hall–Kier alpha value is -3.17. The van der Waals surface area contributed by atoms with Crippen molar-refractivity contribution in [1.82, 2.24) is 10.6 Å². The number of esters is 1. The van der Waals surface area contributed by atoms with Crippen molar-refractivity contribution in [2.45, 2.75) is 25.9 Å². The van der Waals surface area contributed by atoms with Crippen LogP contribution >= 0.6 is 23.2 Å². The number of hydrogen-bond acceptors (Lipinski definition) is 6. The van der Waals surface area contributed by atoms with Gasteiger partial charge in [0, 0.05) is 17.7 Å². The standard InChI is InChI=1S/C20H19Cl2N3O6/c1-11(13-6-7-16(21)17(22)9-13)23-18(26)10-31-20(28)12(2)24-19(27)14-4-3-5-15(8-14)25(29)30/h3-9,11-12H,10H2,1-2H3,(H,23,26)(H,24,27). The lowest BCUT2D eigenvalue weighted by atomic mass is 10.1. The molecule has 0 spiro atoms. The molecule has 164 valence electrons. The zero-order chi connectivity index (χ0) is 23.1. The number of non-ortho nitro benzene ring substituents is 1. The highest BCUT2D eigenvalue weighted by molar-refractivity contribution is 6.42. The average Bonchev–Trinajstić information content (AvgIpc) is 2.73. The highest BCUT2D eigenvalue weighted by Crippen LogP contribution is 2.25. The quantitative estimate of drug-likeness (QED) is 0.347. The Balaban J connectivity index is 1.84. The number of nitro groups is 1. The average molecular weight is 468 g/mol. The molecule has 2 aromatic carbocycles. The third-order valence-corrected chi connectivity index (χ3v) is 4.93. The first-order chi connectivity index (χ1) is 14.6. The number of nitrogens with zero attached hydrogens (tertiary/aromatic N) is 1. The van der Waals surface area contributed by atoms with Crippen molar-refractivity contribution in [3.8, 4) is 0 Å². The first-order valence-corrected chi connectivity index (χ1v) is 9.80. The van der Waals surface area contributed by atoms with E-state index in [4.69, 9.17) is 27.9 Å². The van der Waals surface area contributed by atoms with Crippen LogP contribution in [-0.2, 0) is 14.3 Å². The predicted molar refractivity (Wildman–Crippen MR) is 114 cm³/mol. The van der Waals surface area contributed by atoms with Crippen LogP contribution in [0.5, 0.6) is 0 Å². The summed E-state index contributed by atoms with van der Waals surface area (Å²) >= 11 is 11.8.